The third-order valence-electron chi connectivity index (χ3n) is 8.19. The van der Waals surface area contributed by atoms with Gasteiger partial charge in [-0.1, -0.05) is 79.6 Å². The van der Waals surface area contributed by atoms with Crippen LogP contribution >= 0.6 is 0 Å². The average molecular weight is 431 g/mol. The summed E-state index contributed by atoms with van der Waals surface area (Å²) in [5.41, 5.74) is 4.13. The number of hydrogen-bond donors (Lipinski definition) is 1. The smallest absolute Gasteiger partial charge is 0.127 e. The highest BCUT2D eigenvalue weighted by atomic mass is 16.5. The second-order valence-electron chi connectivity index (χ2n) is 11.5. The van der Waals surface area contributed by atoms with Gasteiger partial charge in [-0.05, 0) is 75.0 Å². The standard InChI is InChI=1S/C29H50O2/c1-19(2)13-10-14-20(3)15-11-16-21(4)17-12-18-29(9)25(8)26-24(7)27(30)22(5)23(6)28(26)31-29/h19-21,25,30H,10-18H2,1-9H3/t20-,21-,25+,29+/m1/s1. The summed E-state index contributed by atoms with van der Waals surface area (Å²) >= 11 is 0. The van der Waals surface area contributed by atoms with Crippen molar-refractivity contribution >= 4 is 0 Å². The molecule has 0 amide bonds. The van der Waals surface area contributed by atoms with Gasteiger partial charge in [0.25, 0.3) is 0 Å². The predicted octanol–water partition coefficient (Wildman–Crippen LogP) is 9.01. The molecule has 0 spiro atoms. The third kappa shape index (κ3) is 6.42. The Kier molecular flexibility index (Phi) is 9.34. The molecule has 2 heteroatoms. The Balaban J connectivity index is 1.78. The fourth-order valence-electron chi connectivity index (χ4n) is 5.46. The molecule has 2 rings (SSSR count). The van der Waals surface area contributed by atoms with E-state index in [9.17, 15) is 5.11 Å². The normalized spacial score (nSPS) is 22.5. The van der Waals surface area contributed by atoms with Crippen molar-refractivity contribution in [1.29, 1.82) is 0 Å². The summed E-state index contributed by atoms with van der Waals surface area (Å²) in [6, 6.07) is 0. The Bertz CT molecular complexity index is 720. The molecule has 0 bridgehead atoms. The van der Waals surface area contributed by atoms with Crippen LogP contribution < -0.4 is 4.74 Å². The maximum Gasteiger partial charge on any atom is 0.127 e. The van der Waals surface area contributed by atoms with Crippen molar-refractivity contribution in [2.45, 2.75) is 132 Å². The van der Waals surface area contributed by atoms with Gasteiger partial charge in [0.1, 0.15) is 17.1 Å². The molecule has 0 fully saturated rings. The van der Waals surface area contributed by atoms with Crippen molar-refractivity contribution in [1.82, 2.24) is 0 Å². The van der Waals surface area contributed by atoms with Crippen LogP contribution in [-0.4, -0.2) is 10.7 Å². The molecular formula is C29H50O2. The molecule has 0 saturated heterocycles. The first-order chi connectivity index (χ1) is 14.5. The van der Waals surface area contributed by atoms with Crippen LogP contribution in [0.25, 0.3) is 0 Å². The van der Waals surface area contributed by atoms with E-state index < -0.39 is 0 Å². The molecule has 0 saturated carbocycles. The van der Waals surface area contributed by atoms with Gasteiger partial charge in [0.05, 0.1) is 0 Å². The van der Waals surface area contributed by atoms with E-state index in [2.05, 4.69) is 48.5 Å². The summed E-state index contributed by atoms with van der Waals surface area (Å²) in [5, 5.41) is 10.5. The number of aromatic hydroxyl groups is 1. The minimum absolute atomic E-state index is 0.164. The van der Waals surface area contributed by atoms with Crippen molar-refractivity contribution in [3.05, 3.63) is 22.3 Å². The Morgan fingerprint density at radius 1 is 0.806 bits per heavy atom. The van der Waals surface area contributed by atoms with Crippen molar-refractivity contribution in [3.8, 4) is 11.5 Å². The molecular weight excluding hydrogens is 380 g/mol. The van der Waals surface area contributed by atoms with Gasteiger partial charge < -0.3 is 9.84 Å². The van der Waals surface area contributed by atoms with Crippen LogP contribution in [0.3, 0.4) is 0 Å². The molecule has 31 heavy (non-hydrogen) atoms. The monoisotopic (exact) mass is 430 g/mol. The predicted molar refractivity (Wildman–Crippen MR) is 134 cm³/mol. The lowest BCUT2D eigenvalue weighted by atomic mass is 9.80. The quantitative estimate of drug-likeness (QED) is 0.358. The van der Waals surface area contributed by atoms with Crippen LogP contribution in [0.5, 0.6) is 11.5 Å². The molecule has 1 aromatic rings. The first-order valence-corrected chi connectivity index (χ1v) is 13.0. The van der Waals surface area contributed by atoms with Crippen molar-refractivity contribution < 1.29 is 9.84 Å². The van der Waals surface area contributed by atoms with E-state index in [1.165, 1.54) is 56.9 Å². The second kappa shape index (κ2) is 11.1. The van der Waals surface area contributed by atoms with E-state index in [4.69, 9.17) is 4.74 Å². The lowest BCUT2D eigenvalue weighted by Gasteiger charge is -2.29. The molecule has 1 N–H and O–H groups in total. The number of rotatable bonds is 12. The molecule has 2 nitrogen and oxygen atoms in total. The van der Waals surface area contributed by atoms with E-state index in [-0.39, 0.29) is 5.60 Å². The molecule has 0 aromatic heterocycles. The van der Waals surface area contributed by atoms with Crippen LogP contribution in [0, 0.1) is 38.5 Å². The highest BCUT2D eigenvalue weighted by Gasteiger charge is 2.44. The lowest BCUT2D eigenvalue weighted by Crippen LogP contribution is -2.33. The van der Waals surface area contributed by atoms with Crippen LogP contribution in [-0.2, 0) is 0 Å². The largest absolute Gasteiger partial charge is 0.507 e. The highest BCUT2D eigenvalue weighted by Crippen LogP contribution is 2.52. The van der Waals surface area contributed by atoms with Gasteiger partial charge in [-0.25, -0.2) is 0 Å². The van der Waals surface area contributed by atoms with Crippen molar-refractivity contribution in [2.75, 3.05) is 0 Å². The summed E-state index contributed by atoms with van der Waals surface area (Å²) in [4.78, 5) is 0. The molecule has 1 aliphatic heterocycles. The maximum absolute atomic E-state index is 10.5. The second-order valence-corrected chi connectivity index (χ2v) is 11.5. The summed E-state index contributed by atoms with van der Waals surface area (Å²) in [6.45, 7) is 20.2. The van der Waals surface area contributed by atoms with E-state index in [0.29, 0.717) is 11.7 Å². The van der Waals surface area contributed by atoms with Gasteiger partial charge in [0.15, 0.2) is 0 Å². The van der Waals surface area contributed by atoms with Crippen LogP contribution in [0.1, 0.15) is 128 Å². The minimum Gasteiger partial charge on any atom is -0.507 e. The summed E-state index contributed by atoms with van der Waals surface area (Å²) in [6.07, 6.45) is 11.9. The molecule has 4 atom stereocenters. The minimum atomic E-state index is -0.164. The van der Waals surface area contributed by atoms with E-state index >= 15 is 0 Å². The molecule has 1 aliphatic rings. The Morgan fingerprint density at radius 2 is 1.32 bits per heavy atom. The van der Waals surface area contributed by atoms with Crippen molar-refractivity contribution in [3.63, 3.8) is 0 Å². The fraction of sp³-hybridized carbons (Fsp3) is 0.793. The Morgan fingerprint density at radius 3 is 1.87 bits per heavy atom. The number of phenols is 1. The first-order valence-electron chi connectivity index (χ1n) is 13.0. The molecule has 1 heterocycles. The molecule has 0 aliphatic carbocycles. The number of fused-ring (bicyclic) bond motifs is 1. The van der Waals surface area contributed by atoms with Crippen LogP contribution in [0.2, 0.25) is 0 Å². The van der Waals surface area contributed by atoms with Gasteiger partial charge in [0.2, 0.25) is 0 Å². The first kappa shape index (κ1) is 26.1. The van der Waals surface area contributed by atoms with Crippen molar-refractivity contribution in [2.24, 2.45) is 17.8 Å². The third-order valence-corrected chi connectivity index (χ3v) is 8.19. The van der Waals surface area contributed by atoms with Crippen LogP contribution in [0.15, 0.2) is 0 Å². The number of hydrogen-bond acceptors (Lipinski definition) is 2. The average Bonchev–Trinajstić information content (AvgIpc) is 2.96. The van der Waals surface area contributed by atoms with Gasteiger partial charge in [-0.3, -0.25) is 0 Å². The van der Waals surface area contributed by atoms with Gasteiger partial charge >= 0.3 is 0 Å². The molecule has 178 valence electrons. The maximum atomic E-state index is 10.5. The highest BCUT2D eigenvalue weighted by molar-refractivity contribution is 5.61. The van der Waals surface area contributed by atoms with Gasteiger partial charge in [0, 0.05) is 11.5 Å². The van der Waals surface area contributed by atoms with E-state index in [1.807, 2.05) is 13.8 Å². The lowest BCUT2D eigenvalue weighted by molar-refractivity contribution is 0.0786. The summed E-state index contributed by atoms with van der Waals surface area (Å²) in [5.74, 6) is 4.30. The van der Waals surface area contributed by atoms with Gasteiger partial charge in [-0.2, -0.15) is 0 Å². The molecule has 1 aromatic carbocycles. The number of ether oxygens (including phenoxy) is 1. The van der Waals surface area contributed by atoms with E-state index in [0.717, 1.165) is 46.6 Å². The van der Waals surface area contributed by atoms with Crippen LogP contribution in [0.4, 0.5) is 0 Å². The molecule has 0 unspecified atom stereocenters. The SMILES string of the molecule is Cc1c(C)c2c(c(C)c1O)[C@H](C)[C@](C)(CCC[C@H](C)CCC[C@H](C)CCCC(C)C)O2. The number of benzene rings is 1. The summed E-state index contributed by atoms with van der Waals surface area (Å²) in [7, 11) is 0. The molecule has 0 radical (unpaired) electrons. The van der Waals surface area contributed by atoms with Gasteiger partial charge in [-0.15, -0.1) is 0 Å². The zero-order valence-corrected chi connectivity index (χ0v) is 22.0. The topological polar surface area (TPSA) is 29.5 Å². The number of phenolic OH excluding ortho intramolecular Hbond substituents is 1. The zero-order valence-electron chi connectivity index (χ0n) is 22.0. The Labute approximate surface area is 193 Å². The fourth-order valence-corrected chi connectivity index (χ4v) is 5.46. The zero-order chi connectivity index (χ0) is 23.3. The Hall–Kier alpha value is -1.18. The van der Waals surface area contributed by atoms with E-state index in [1.54, 1.807) is 0 Å². The summed E-state index contributed by atoms with van der Waals surface area (Å²) < 4.78 is 6.59.